The topological polar surface area (TPSA) is 59.0 Å². The molecule has 0 unspecified atom stereocenters. The number of benzene rings is 4. The zero-order valence-electron chi connectivity index (χ0n) is 22.1. The van der Waals surface area contributed by atoms with Crippen LogP contribution in [-0.2, 0) is 15.0 Å². The number of carbonyl (C=O) groups is 2. The maximum Gasteiger partial charge on any atom is 0.239 e. The van der Waals surface area contributed by atoms with E-state index in [-0.39, 0.29) is 17.7 Å². The van der Waals surface area contributed by atoms with Crippen LogP contribution in [0, 0.1) is 25.7 Å². The molecule has 0 spiro atoms. The first-order chi connectivity index (χ1) is 19.0. The fraction of sp³-hybridized carbons (Fsp3) is 0.206. The predicted molar refractivity (Wildman–Crippen MR) is 152 cm³/mol. The average Bonchev–Trinajstić information content (AvgIpc) is 3.24. The first-order valence-electron chi connectivity index (χ1n) is 13.3. The van der Waals surface area contributed by atoms with E-state index in [0.717, 1.165) is 39.1 Å². The van der Waals surface area contributed by atoms with Crippen molar-refractivity contribution >= 4 is 29.4 Å². The summed E-state index contributed by atoms with van der Waals surface area (Å²) in [6, 6.07) is 29.9. The molecule has 2 amide bonds. The van der Waals surface area contributed by atoms with E-state index in [4.69, 9.17) is 9.73 Å². The van der Waals surface area contributed by atoms with Gasteiger partial charge in [0.25, 0.3) is 0 Å². The Bertz CT molecular complexity index is 1640. The van der Waals surface area contributed by atoms with Gasteiger partial charge in [-0.2, -0.15) is 0 Å². The maximum absolute atomic E-state index is 14.5. The molecule has 8 rings (SSSR count). The maximum atomic E-state index is 14.5. The zero-order chi connectivity index (χ0) is 26.9. The molecule has 4 aliphatic rings. The quantitative estimate of drug-likeness (QED) is 0.239. The van der Waals surface area contributed by atoms with Crippen LogP contribution in [0.15, 0.2) is 96.0 Å². The monoisotopic (exact) mass is 512 g/mol. The molecular formula is C34H28N2O3. The highest BCUT2D eigenvalue weighted by molar-refractivity contribution is 6.25. The second kappa shape index (κ2) is 8.50. The molecular weight excluding hydrogens is 484 g/mol. The second-order valence-corrected chi connectivity index (χ2v) is 10.8. The lowest BCUT2D eigenvalue weighted by molar-refractivity contribution is -0.122. The van der Waals surface area contributed by atoms with Gasteiger partial charge in [0.15, 0.2) is 0 Å². The van der Waals surface area contributed by atoms with Crippen molar-refractivity contribution in [1.29, 1.82) is 0 Å². The molecule has 4 aromatic rings. The Morgan fingerprint density at radius 1 is 0.821 bits per heavy atom. The van der Waals surface area contributed by atoms with Crippen molar-refractivity contribution in [3.8, 4) is 5.75 Å². The number of aryl methyl sites for hydroxylation is 2. The van der Waals surface area contributed by atoms with Crippen LogP contribution in [0.1, 0.15) is 39.3 Å². The van der Waals surface area contributed by atoms with E-state index in [1.54, 1.807) is 31.4 Å². The first-order valence-corrected chi connectivity index (χ1v) is 13.3. The van der Waals surface area contributed by atoms with Crippen LogP contribution < -0.4 is 9.64 Å². The van der Waals surface area contributed by atoms with Crippen molar-refractivity contribution in [1.82, 2.24) is 0 Å². The van der Waals surface area contributed by atoms with E-state index in [1.807, 2.05) is 37.4 Å². The summed E-state index contributed by atoms with van der Waals surface area (Å²) in [5, 5.41) is 0. The molecule has 5 heteroatoms. The number of imide groups is 1. The average molecular weight is 513 g/mol. The summed E-state index contributed by atoms with van der Waals surface area (Å²) in [7, 11) is 1.60. The van der Waals surface area contributed by atoms with Crippen molar-refractivity contribution in [3.05, 3.63) is 124 Å². The number of rotatable bonds is 4. The Morgan fingerprint density at radius 3 is 2.10 bits per heavy atom. The van der Waals surface area contributed by atoms with Crippen LogP contribution in [0.3, 0.4) is 0 Å². The fourth-order valence-corrected chi connectivity index (χ4v) is 7.07. The third kappa shape index (κ3) is 3.16. The Kier molecular flexibility index (Phi) is 5.14. The number of nitrogens with zero attached hydrogens (tertiary/aromatic N) is 2. The van der Waals surface area contributed by atoms with E-state index >= 15 is 0 Å². The molecule has 0 N–H and O–H groups in total. The number of aliphatic imine (C=N–C) groups is 1. The van der Waals surface area contributed by atoms with Crippen LogP contribution >= 0.6 is 0 Å². The molecule has 1 fully saturated rings. The smallest absolute Gasteiger partial charge is 0.239 e. The van der Waals surface area contributed by atoms with Crippen molar-refractivity contribution in [3.63, 3.8) is 0 Å². The van der Waals surface area contributed by atoms with Gasteiger partial charge in [0.2, 0.25) is 11.8 Å². The second-order valence-electron chi connectivity index (χ2n) is 10.8. The Morgan fingerprint density at radius 2 is 1.46 bits per heavy atom. The Hall–Kier alpha value is -4.51. The minimum atomic E-state index is -0.878. The number of anilines is 1. The van der Waals surface area contributed by atoms with E-state index in [1.165, 1.54) is 4.90 Å². The summed E-state index contributed by atoms with van der Waals surface area (Å²) in [6.07, 6.45) is 1.96. The van der Waals surface area contributed by atoms with Gasteiger partial charge in [-0.25, -0.2) is 4.90 Å². The lowest BCUT2D eigenvalue weighted by Gasteiger charge is -2.52. The van der Waals surface area contributed by atoms with Crippen LogP contribution in [0.4, 0.5) is 11.4 Å². The molecule has 0 aromatic heterocycles. The van der Waals surface area contributed by atoms with Crippen LogP contribution in [0.5, 0.6) is 5.75 Å². The number of amides is 2. The molecule has 39 heavy (non-hydrogen) atoms. The molecule has 2 atom stereocenters. The van der Waals surface area contributed by atoms with Crippen LogP contribution in [0.2, 0.25) is 0 Å². The Balaban J connectivity index is 1.49. The minimum Gasteiger partial charge on any atom is -0.497 e. The Labute approximate surface area is 227 Å². The van der Waals surface area contributed by atoms with Gasteiger partial charge in [0.1, 0.15) is 5.75 Å². The molecule has 5 nitrogen and oxygen atoms in total. The number of carbonyl (C=O) groups excluding carboxylic acids is 2. The molecule has 192 valence electrons. The fourth-order valence-electron chi connectivity index (χ4n) is 7.07. The highest BCUT2D eigenvalue weighted by atomic mass is 16.5. The van der Waals surface area contributed by atoms with Gasteiger partial charge in [-0.3, -0.25) is 14.6 Å². The van der Waals surface area contributed by atoms with E-state index < -0.39 is 17.3 Å². The standard InChI is InChI=1S/C34H28N2O3/c1-20-12-13-21(2)28(18-20)35-19-34-26-10-6-4-8-24(26)29(25-9-5-7-11-27(25)34)30-31(34)33(38)36(32(30)37)22-14-16-23(39-3)17-15-22/h4-19,29-31H,1-3H3/t29?,30-,31-,34?/m1/s1. The van der Waals surface area contributed by atoms with Crippen LogP contribution in [0.25, 0.3) is 0 Å². The zero-order valence-corrected chi connectivity index (χ0v) is 22.1. The van der Waals surface area contributed by atoms with Gasteiger partial charge >= 0.3 is 0 Å². The van der Waals surface area contributed by atoms with Gasteiger partial charge in [-0.05, 0) is 77.6 Å². The summed E-state index contributed by atoms with van der Waals surface area (Å²) in [5.74, 6) is -0.985. The lowest BCUT2D eigenvalue weighted by atomic mass is 9.47. The van der Waals surface area contributed by atoms with Crippen LogP contribution in [-0.4, -0.2) is 25.1 Å². The molecule has 2 bridgehead atoms. The number of hydrogen-bond donors (Lipinski definition) is 0. The van der Waals surface area contributed by atoms with Gasteiger partial charge in [0, 0.05) is 12.1 Å². The summed E-state index contributed by atoms with van der Waals surface area (Å²) in [4.78, 5) is 35.2. The molecule has 0 radical (unpaired) electrons. The molecule has 1 saturated heterocycles. The van der Waals surface area contributed by atoms with Gasteiger partial charge in [-0.15, -0.1) is 0 Å². The molecule has 0 saturated carbocycles. The van der Waals surface area contributed by atoms with Gasteiger partial charge in [0.05, 0.1) is 35.7 Å². The van der Waals surface area contributed by atoms with Crippen molar-refractivity contribution in [2.75, 3.05) is 12.0 Å². The number of hydrogen-bond acceptors (Lipinski definition) is 4. The van der Waals surface area contributed by atoms with Crippen molar-refractivity contribution in [2.45, 2.75) is 25.2 Å². The molecule has 1 aliphatic heterocycles. The third-order valence-corrected chi connectivity index (χ3v) is 8.79. The number of ether oxygens (including phenoxy) is 1. The van der Waals surface area contributed by atoms with Crippen molar-refractivity contribution < 1.29 is 14.3 Å². The van der Waals surface area contributed by atoms with Crippen molar-refractivity contribution in [2.24, 2.45) is 16.8 Å². The van der Waals surface area contributed by atoms with E-state index in [0.29, 0.717) is 11.4 Å². The highest BCUT2D eigenvalue weighted by Crippen LogP contribution is 2.63. The summed E-state index contributed by atoms with van der Waals surface area (Å²) in [6.45, 7) is 4.09. The molecule has 1 heterocycles. The largest absolute Gasteiger partial charge is 0.497 e. The SMILES string of the molecule is COc1ccc(N2C(=O)[C@@H]3C4c5ccccc5C(C=Nc5cc(C)ccc5C)(c5ccccc54)[C@H]3C2=O)cc1. The predicted octanol–water partition coefficient (Wildman–Crippen LogP) is 6.27. The molecule has 3 aliphatic carbocycles. The van der Waals surface area contributed by atoms with E-state index in [2.05, 4.69) is 49.4 Å². The summed E-state index contributed by atoms with van der Waals surface area (Å²) >= 11 is 0. The third-order valence-electron chi connectivity index (χ3n) is 8.79. The first kappa shape index (κ1) is 23.6. The normalized spacial score (nSPS) is 24.6. The summed E-state index contributed by atoms with van der Waals surface area (Å²) < 4.78 is 5.31. The number of methoxy groups -OCH3 is 1. The van der Waals surface area contributed by atoms with Gasteiger partial charge in [-0.1, -0.05) is 60.7 Å². The molecule has 4 aromatic carbocycles. The van der Waals surface area contributed by atoms with Gasteiger partial charge < -0.3 is 4.74 Å². The highest BCUT2D eigenvalue weighted by Gasteiger charge is 2.67. The minimum absolute atomic E-state index is 0.159. The van der Waals surface area contributed by atoms with E-state index in [9.17, 15) is 9.59 Å². The lowest BCUT2D eigenvalue weighted by Crippen LogP contribution is -2.54. The summed E-state index contributed by atoms with van der Waals surface area (Å²) in [5.41, 5.74) is 7.05.